The number of carbonyl (C=O) groups is 1. The van der Waals surface area contributed by atoms with E-state index < -0.39 is 0 Å². The maximum absolute atomic E-state index is 12.2. The quantitative estimate of drug-likeness (QED) is 0.488. The van der Waals surface area contributed by atoms with Crippen LogP contribution in [0.15, 0.2) is 23.8 Å². The predicted molar refractivity (Wildman–Crippen MR) is 119 cm³/mol. The number of hydrogen-bond acceptors (Lipinski definition) is 4. The van der Waals surface area contributed by atoms with Crippen LogP contribution in [0, 0.1) is 23.7 Å². The van der Waals surface area contributed by atoms with Gasteiger partial charge in [-0.25, -0.2) is 0 Å². The molecule has 3 aliphatic carbocycles. The molecule has 0 radical (unpaired) electrons. The molecule has 170 valence electrons. The largest absolute Gasteiger partial charge is 0.392 e. The van der Waals surface area contributed by atoms with E-state index in [4.69, 9.17) is 4.74 Å². The molecule has 0 aromatic carbocycles. The lowest BCUT2D eigenvalue weighted by atomic mass is 9.89. The topological polar surface area (TPSA) is 70.0 Å². The highest BCUT2D eigenvalue weighted by molar-refractivity contribution is 5.77. The van der Waals surface area contributed by atoms with Crippen LogP contribution in [-0.4, -0.2) is 59.0 Å². The molecule has 5 heteroatoms. The average molecular weight is 420 g/mol. The van der Waals surface area contributed by atoms with E-state index >= 15 is 0 Å². The van der Waals surface area contributed by atoms with E-state index in [0.29, 0.717) is 24.4 Å². The van der Waals surface area contributed by atoms with Crippen LogP contribution in [0.5, 0.6) is 0 Å². The zero-order valence-corrected chi connectivity index (χ0v) is 19.2. The Hall–Kier alpha value is -1.17. The number of aliphatic hydroxyl groups is 2. The van der Waals surface area contributed by atoms with Gasteiger partial charge in [-0.1, -0.05) is 36.6 Å². The van der Waals surface area contributed by atoms with Gasteiger partial charge in [-0.3, -0.25) is 4.79 Å². The number of rotatable bonds is 7. The molecule has 2 N–H and O–H groups in total. The highest BCUT2D eigenvalue weighted by Gasteiger charge is 2.45. The molecule has 3 fully saturated rings. The van der Waals surface area contributed by atoms with Gasteiger partial charge in [0.15, 0.2) is 0 Å². The van der Waals surface area contributed by atoms with E-state index in [-0.39, 0.29) is 36.2 Å². The third-order valence-corrected chi connectivity index (χ3v) is 7.62. The fourth-order valence-corrected chi connectivity index (χ4v) is 5.43. The van der Waals surface area contributed by atoms with Crippen molar-refractivity contribution >= 4 is 5.91 Å². The van der Waals surface area contributed by atoms with Gasteiger partial charge in [0.05, 0.1) is 18.8 Å². The normalized spacial score (nSPS) is 32.3. The first-order valence-electron chi connectivity index (χ1n) is 11.7. The van der Waals surface area contributed by atoms with Crippen molar-refractivity contribution in [3.63, 3.8) is 0 Å². The summed E-state index contributed by atoms with van der Waals surface area (Å²) in [6.07, 6.45) is 13.0. The van der Waals surface area contributed by atoms with Gasteiger partial charge < -0.3 is 19.8 Å². The Labute approximate surface area is 182 Å². The Morgan fingerprint density at radius 3 is 2.63 bits per heavy atom. The molecule has 5 nitrogen and oxygen atoms in total. The average Bonchev–Trinajstić information content (AvgIpc) is 3.39. The standard InChI is InChI=1S/C25H41NO4/c1-25(2,3)26(4)24(29)16-30-12-11-17-13-19-15-23(28)20(21(19)14-17)9-10-22(27)18-7-5-6-8-18/h9-11,18-23,27-28H,5-8,12-16H2,1-4H3/b10-9+,17-11+/t19-,20+,21-,22+,23+/m0/s1. The van der Waals surface area contributed by atoms with E-state index in [1.807, 2.05) is 33.9 Å². The minimum Gasteiger partial charge on any atom is -0.392 e. The third-order valence-electron chi connectivity index (χ3n) is 7.62. The van der Waals surface area contributed by atoms with Crippen LogP contribution in [0.25, 0.3) is 0 Å². The number of hydrogen-bond donors (Lipinski definition) is 2. The second-order valence-corrected chi connectivity index (χ2v) is 10.6. The van der Waals surface area contributed by atoms with E-state index in [1.165, 1.54) is 18.4 Å². The summed E-state index contributed by atoms with van der Waals surface area (Å²) in [6, 6.07) is 0. The molecular weight excluding hydrogens is 378 g/mol. The molecule has 0 aromatic rings. The number of allylic oxidation sites excluding steroid dienone is 1. The number of likely N-dealkylation sites (N-methyl/N-ethyl adjacent to an activating group) is 1. The van der Waals surface area contributed by atoms with Crippen molar-refractivity contribution in [3.8, 4) is 0 Å². The van der Waals surface area contributed by atoms with Crippen LogP contribution in [0.4, 0.5) is 0 Å². The van der Waals surface area contributed by atoms with Crippen LogP contribution in [-0.2, 0) is 9.53 Å². The molecule has 3 saturated carbocycles. The minimum atomic E-state index is -0.368. The molecule has 0 saturated heterocycles. The lowest BCUT2D eigenvalue weighted by molar-refractivity contribution is -0.138. The first-order chi connectivity index (χ1) is 14.2. The van der Waals surface area contributed by atoms with Crippen molar-refractivity contribution in [1.82, 2.24) is 4.90 Å². The number of nitrogens with zero attached hydrogens (tertiary/aromatic N) is 1. The smallest absolute Gasteiger partial charge is 0.248 e. The first kappa shape index (κ1) is 23.5. The van der Waals surface area contributed by atoms with Crippen molar-refractivity contribution in [2.75, 3.05) is 20.3 Å². The van der Waals surface area contributed by atoms with Crippen LogP contribution in [0.1, 0.15) is 65.7 Å². The van der Waals surface area contributed by atoms with Crippen LogP contribution in [0.3, 0.4) is 0 Å². The zero-order valence-electron chi connectivity index (χ0n) is 19.2. The van der Waals surface area contributed by atoms with Gasteiger partial charge in [0, 0.05) is 18.5 Å². The van der Waals surface area contributed by atoms with E-state index in [9.17, 15) is 15.0 Å². The molecule has 3 rings (SSSR count). The van der Waals surface area contributed by atoms with Gasteiger partial charge in [-0.05, 0) is 70.6 Å². The highest BCUT2D eigenvalue weighted by Crippen LogP contribution is 2.50. The number of carbonyl (C=O) groups excluding carboxylic acids is 1. The summed E-state index contributed by atoms with van der Waals surface area (Å²) in [4.78, 5) is 13.9. The molecule has 3 aliphatic rings. The molecule has 0 aliphatic heterocycles. The Bertz CT molecular complexity index is 644. The summed E-state index contributed by atoms with van der Waals surface area (Å²) in [5.74, 6) is 1.50. The summed E-state index contributed by atoms with van der Waals surface area (Å²) >= 11 is 0. The number of ether oxygens (including phenoxy) is 1. The maximum atomic E-state index is 12.2. The lowest BCUT2D eigenvalue weighted by Crippen LogP contribution is -2.44. The Balaban J connectivity index is 1.47. The summed E-state index contributed by atoms with van der Waals surface area (Å²) in [5.41, 5.74) is 1.18. The minimum absolute atomic E-state index is 0.00154. The molecule has 0 spiro atoms. The van der Waals surface area contributed by atoms with Gasteiger partial charge in [-0.2, -0.15) is 0 Å². The summed E-state index contributed by atoms with van der Waals surface area (Å²) in [5, 5.41) is 21.0. The molecule has 1 amide bonds. The van der Waals surface area contributed by atoms with Crippen molar-refractivity contribution in [1.29, 1.82) is 0 Å². The molecular formula is C25H41NO4. The monoisotopic (exact) mass is 419 g/mol. The molecule has 30 heavy (non-hydrogen) atoms. The predicted octanol–water partition coefficient (Wildman–Crippen LogP) is 3.70. The maximum Gasteiger partial charge on any atom is 0.248 e. The molecule has 0 unspecified atom stereocenters. The van der Waals surface area contributed by atoms with Gasteiger partial charge in [0.25, 0.3) is 0 Å². The second-order valence-electron chi connectivity index (χ2n) is 10.6. The molecule has 5 atom stereocenters. The van der Waals surface area contributed by atoms with Gasteiger partial charge in [-0.15, -0.1) is 0 Å². The Kier molecular flexibility index (Phi) is 7.81. The van der Waals surface area contributed by atoms with Crippen LogP contribution in [0.2, 0.25) is 0 Å². The van der Waals surface area contributed by atoms with Gasteiger partial charge in [0.2, 0.25) is 5.91 Å². The number of fused-ring (bicyclic) bond motifs is 1. The van der Waals surface area contributed by atoms with Crippen LogP contribution < -0.4 is 0 Å². The van der Waals surface area contributed by atoms with Gasteiger partial charge >= 0.3 is 0 Å². The van der Waals surface area contributed by atoms with Crippen molar-refractivity contribution in [3.05, 3.63) is 23.8 Å². The summed E-state index contributed by atoms with van der Waals surface area (Å²) < 4.78 is 5.62. The lowest BCUT2D eigenvalue weighted by Gasteiger charge is -2.31. The van der Waals surface area contributed by atoms with Crippen molar-refractivity contribution in [2.24, 2.45) is 23.7 Å². The number of amides is 1. The number of aliphatic hydroxyl groups excluding tert-OH is 2. The first-order valence-corrected chi connectivity index (χ1v) is 11.7. The summed E-state index contributed by atoms with van der Waals surface area (Å²) in [7, 11) is 1.81. The van der Waals surface area contributed by atoms with E-state index in [2.05, 4.69) is 12.2 Å². The fraction of sp³-hybridized carbons (Fsp3) is 0.800. The van der Waals surface area contributed by atoms with Crippen LogP contribution >= 0.6 is 0 Å². The second kappa shape index (κ2) is 9.97. The highest BCUT2D eigenvalue weighted by atomic mass is 16.5. The SMILES string of the molecule is CN(C(=O)COC/C=C1\C[C@H]2C[C@@H](O)[C@H](/C=C/[C@@H](O)C3CCCC3)[C@H]2C1)C(C)(C)C. The summed E-state index contributed by atoms with van der Waals surface area (Å²) in [6.45, 7) is 6.60. The fourth-order valence-electron chi connectivity index (χ4n) is 5.43. The Morgan fingerprint density at radius 2 is 1.97 bits per heavy atom. The van der Waals surface area contributed by atoms with E-state index in [1.54, 1.807) is 4.90 Å². The Morgan fingerprint density at radius 1 is 1.27 bits per heavy atom. The molecule has 0 bridgehead atoms. The molecule has 0 heterocycles. The van der Waals surface area contributed by atoms with Crippen molar-refractivity contribution in [2.45, 2.75) is 83.5 Å². The van der Waals surface area contributed by atoms with Crippen molar-refractivity contribution < 1.29 is 19.7 Å². The molecule has 0 aromatic heterocycles. The van der Waals surface area contributed by atoms with E-state index in [0.717, 1.165) is 32.1 Å². The third kappa shape index (κ3) is 5.74. The van der Waals surface area contributed by atoms with Gasteiger partial charge in [0.1, 0.15) is 6.61 Å². The zero-order chi connectivity index (χ0) is 21.9.